The van der Waals surface area contributed by atoms with Crippen LogP contribution in [0.25, 0.3) is 0 Å². The summed E-state index contributed by atoms with van der Waals surface area (Å²) in [6.45, 7) is 0. The molecule has 1 fully saturated rings. The number of nitrogens with zero attached hydrogens (tertiary/aromatic N) is 1. The molecule has 0 saturated heterocycles. The highest BCUT2D eigenvalue weighted by atomic mass is 32.2. The maximum atomic E-state index is 12.2. The molecule has 104 valence electrons. The van der Waals surface area contributed by atoms with Gasteiger partial charge in [0.2, 0.25) is 10.0 Å². The van der Waals surface area contributed by atoms with Crippen molar-refractivity contribution in [3.05, 3.63) is 17.0 Å². The zero-order valence-electron chi connectivity index (χ0n) is 10.7. The topological polar surface area (TPSA) is 82.0 Å². The molecule has 19 heavy (non-hydrogen) atoms. The van der Waals surface area contributed by atoms with E-state index in [1.165, 1.54) is 12.1 Å². The Bertz CT molecular complexity index is 566. The average molecular weight is 299 g/mol. The Labute approximate surface area is 117 Å². The lowest BCUT2D eigenvalue weighted by atomic mass is 9.92. The summed E-state index contributed by atoms with van der Waals surface area (Å²) in [6, 6.07) is 5.48. The van der Waals surface area contributed by atoms with Crippen LogP contribution in [0.15, 0.2) is 16.3 Å². The van der Waals surface area contributed by atoms with E-state index in [0.29, 0.717) is 10.9 Å². The molecule has 0 aliphatic heterocycles. The van der Waals surface area contributed by atoms with Gasteiger partial charge >= 0.3 is 0 Å². The first kappa shape index (κ1) is 14.5. The second kappa shape index (κ2) is 6.01. The van der Waals surface area contributed by atoms with Crippen LogP contribution in [-0.2, 0) is 10.0 Å². The van der Waals surface area contributed by atoms with Crippen LogP contribution in [0.3, 0.4) is 0 Å². The van der Waals surface area contributed by atoms with Crippen molar-refractivity contribution in [2.45, 2.75) is 42.0 Å². The predicted octanol–water partition coefficient (Wildman–Crippen LogP) is 1.43. The van der Waals surface area contributed by atoms with E-state index in [-0.39, 0.29) is 10.3 Å². The van der Waals surface area contributed by atoms with Crippen LogP contribution in [0, 0.1) is 11.3 Å². The molecule has 0 bridgehead atoms. The summed E-state index contributed by atoms with van der Waals surface area (Å²) >= 11 is 1.01. The van der Waals surface area contributed by atoms with E-state index < -0.39 is 10.0 Å². The van der Waals surface area contributed by atoms with Gasteiger partial charge in [-0.1, -0.05) is 0 Å². The van der Waals surface area contributed by atoms with Crippen molar-refractivity contribution in [3.8, 4) is 6.07 Å². The van der Waals surface area contributed by atoms with E-state index in [1.807, 2.05) is 13.1 Å². The fourth-order valence-corrected chi connectivity index (χ4v) is 4.73. The van der Waals surface area contributed by atoms with Gasteiger partial charge in [-0.15, -0.1) is 11.3 Å². The first-order chi connectivity index (χ1) is 9.05. The van der Waals surface area contributed by atoms with E-state index in [0.717, 1.165) is 37.0 Å². The summed E-state index contributed by atoms with van der Waals surface area (Å²) in [5.74, 6) is 0. The van der Waals surface area contributed by atoms with Gasteiger partial charge in [0.15, 0.2) is 0 Å². The molecular weight excluding hydrogens is 282 g/mol. The molecule has 0 amide bonds. The molecular formula is C12H17N3O2S2. The van der Waals surface area contributed by atoms with Crippen molar-refractivity contribution < 1.29 is 8.42 Å². The van der Waals surface area contributed by atoms with Gasteiger partial charge in [-0.25, -0.2) is 13.1 Å². The minimum atomic E-state index is -3.48. The lowest BCUT2D eigenvalue weighted by Gasteiger charge is -2.28. The van der Waals surface area contributed by atoms with Gasteiger partial charge in [0.05, 0.1) is 0 Å². The summed E-state index contributed by atoms with van der Waals surface area (Å²) in [5, 5.41) is 12.0. The number of hydrogen-bond donors (Lipinski definition) is 2. The van der Waals surface area contributed by atoms with Crippen molar-refractivity contribution in [2.75, 3.05) is 7.05 Å². The van der Waals surface area contributed by atoms with Crippen LogP contribution in [0.5, 0.6) is 0 Å². The highest BCUT2D eigenvalue weighted by molar-refractivity contribution is 7.91. The monoisotopic (exact) mass is 299 g/mol. The number of rotatable bonds is 4. The van der Waals surface area contributed by atoms with Crippen molar-refractivity contribution in [3.63, 3.8) is 0 Å². The Morgan fingerprint density at radius 2 is 1.89 bits per heavy atom. The maximum Gasteiger partial charge on any atom is 0.250 e. The number of hydrogen-bond acceptors (Lipinski definition) is 5. The fraction of sp³-hybridized carbons (Fsp3) is 0.583. The second-order valence-electron chi connectivity index (χ2n) is 4.69. The smallest absolute Gasteiger partial charge is 0.250 e. The lowest BCUT2D eigenvalue weighted by molar-refractivity contribution is 0.343. The second-order valence-corrected chi connectivity index (χ2v) is 7.71. The standard InChI is InChI=1S/C12H17N3O2S2/c1-14-9-2-4-10(5-3-9)15-19(16,17)12-7-6-11(8-13)18-12/h6-7,9-10,14-15H,2-5H2,1H3. The Kier molecular flexibility index (Phi) is 4.58. The molecule has 1 saturated carbocycles. The SMILES string of the molecule is CNC1CCC(NS(=O)(=O)c2ccc(C#N)s2)CC1. The van der Waals surface area contributed by atoms with E-state index in [4.69, 9.17) is 5.26 Å². The van der Waals surface area contributed by atoms with Gasteiger partial charge in [0, 0.05) is 12.1 Å². The van der Waals surface area contributed by atoms with E-state index in [9.17, 15) is 8.42 Å². The summed E-state index contributed by atoms with van der Waals surface area (Å²) in [5.41, 5.74) is 0. The minimum absolute atomic E-state index is 0.00207. The quantitative estimate of drug-likeness (QED) is 0.881. The average Bonchev–Trinajstić information content (AvgIpc) is 2.89. The van der Waals surface area contributed by atoms with Crippen molar-refractivity contribution in [1.82, 2.24) is 10.0 Å². The molecule has 1 aromatic rings. The van der Waals surface area contributed by atoms with Crippen LogP contribution in [0.2, 0.25) is 0 Å². The molecule has 1 aromatic heterocycles. The molecule has 2 rings (SSSR count). The van der Waals surface area contributed by atoms with Crippen molar-refractivity contribution in [1.29, 1.82) is 5.26 Å². The zero-order chi connectivity index (χ0) is 13.9. The van der Waals surface area contributed by atoms with Crippen LogP contribution in [0.1, 0.15) is 30.6 Å². The molecule has 1 aliphatic carbocycles. The summed E-state index contributed by atoms with van der Waals surface area (Å²) in [7, 11) is -1.54. The molecule has 7 heteroatoms. The molecule has 0 unspecified atom stereocenters. The van der Waals surface area contributed by atoms with Crippen molar-refractivity contribution >= 4 is 21.4 Å². The third kappa shape index (κ3) is 3.54. The minimum Gasteiger partial charge on any atom is -0.317 e. The maximum absolute atomic E-state index is 12.2. The van der Waals surface area contributed by atoms with E-state index >= 15 is 0 Å². The summed E-state index contributed by atoms with van der Waals surface area (Å²) in [4.78, 5) is 0.416. The molecule has 5 nitrogen and oxygen atoms in total. The fourth-order valence-electron chi connectivity index (χ4n) is 2.30. The number of sulfonamides is 1. The molecule has 0 spiro atoms. The van der Waals surface area contributed by atoms with Crippen LogP contribution in [0.4, 0.5) is 0 Å². The van der Waals surface area contributed by atoms with Crippen LogP contribution in [-0.4, -0.2) is 27.5 Å². The molecule has 0 aromatic carbocycles. The zero-order valence-corrected chi connectivity index (χ0v) is 12.4. The van der Waals surface area contributed by atoms with E-state index in [1.54, 1.807) is 0 Å². The Hall–Kier alpha value is -0.940. The normalized spacial score (nSPS) is 24.0. The number of nitriles is 1. The van der Waals surface area contributed by atoms with Crippen molar-refractivity contribution in [2.24, 2.45) is 0 Å². The third-order valence-corrected chi connectivity index (χ3v) is 6.42. The summed E-state index contributed by atoms with van der Waals surface area (Å²) in [6.07, 6.45) is 3.66. The molecule has 2 N–H and O–H groups in total. The number of thiophene rings is 1. The summed E-state index contributed by atoms with van der Waals surface area (Å²) < 4.78 is 27.3. The Morgan fingerprint density at radius 3 is 2.42 bits per heavy atom. The van der Waals surface area contributed by atoms with Gasteiger partial charge in [0.1, 0.15) is 15.2 Å². The van der Waals surface area contributed by atoms with Crippen LogP contribution < -0.4 is 10.0 Å². The van der Waals surface area contributed by atoms with Crippen LogP contribution >= 0.6 is 11.3 Å². The lowest BCUT2D eigenvalue weighted by Crippen LogP contribution is -2.41. The van der Waals surface area contributed by atoms with Gasteiger partial charge in [0.25, 0.3) is 0 Å². The third-order valence-electron chi connectivity index (χ3n) is 3.41. The van der Waals surface area contributed by atoms with Gasteiger partial charge in [-0.05, 0) is 44.9 Å². The molecule has 1 heterocycles. The molecule has 0 radical (unpaired) electrons. The van der Waals surface area contributed by atoms with Gasteiger partial charge < -0.3 is 5.32 Å². The first-order valence-electron chi connectivity index (χ1n) is 6.24. The van der Waals surface area contributed by atoms with Gasteiger partial charge in [-0.2, -0.15) is 5.26 Å². The highest BCUT2D eigenvalue weighted by Gasteiger charge is 2.25. The Balaban J connectivity index is 2.00. The Morgan fingerprint density at radius 1 is 1.26 bits per heavy atom. The predicted molar refractivity (Wildman–Crippen MR) is 74.5 cm³/mol. The molecule has 1 aliphatic rings. The van der Waals surface area contributed by atoms with E-state index in [2.05, 4.69) is 10.0 Å². The largest absolute Gasteiger partial charge is 0.317 e. The van der Waals surface area contributed by atoms with Gasteiger partial charge in [-0.3, -0.25) is 0 Å². The number of nitrogens with one attached hydrogen (secondary N) is 2. The molecule has 0 atom stereocenters. The highest BCUT2D eigenvalue weighted by Crippen LogP contribution is 2.24. The first-order valence-corrected chi connectivity index (χ1v) is 8.54.